The molecule has 2 aromatic carbocycles. The summed E-state index contributed by atoms with van der Waals surface area (Å²) in [5.41, 5.74) is 1.76. The van der Waals surface area contributed by atoms with E-state index in [4.69, 9.17) is 11.6 Å². The van der Waals surface area contributed by atoms with Gasteiger partial charge in [0.25, 0.3) is 0 Å². The van der Waals surface area contributed by atoms with Gasteiger partial charge in [0.1, 0.15) is 0 Å². The van der Waals surface area contributed by atoms with Crippen LogP contribution >= 0.6 is 11.6 Å². The molecule has 0 atom stereocenters. The van der Waals surface area contributed by atoms with Crippen LogP contribution in [0.5, 0.6) is 0 Å². The summed E-state index contributed by atoms with van der Waals surface area (Å²) in [4.78, 5) is 25.5. The maximum atomic E-state index is 13.6. The highest BCUT2D eigenvalue weighted by molar-refractivity contribution is 6.34. The zero-order valence-corrected chi connectivity index (χ0v) is 16.3. The van der Waals surface area contributed by atoms with Crippen molar-refractivity contribution in [1.82, 2.24) is 4.90 Å². The third kappa shape index (κ3) is 5.46. The summed E-state index contributed by atoms with van der Waals surface area (Å²) < 4.78 is 39.7. The van der Waals surface area contributed by atoms with E-state index in [0.29, 0.717) is 16.8 Å². The fourth-order valence-corrected chi connectivity index (χ4v) is 2.98. The lowest BCUT2D eigenvalue weighted by Gasteiger charge is -2.17. The first kappa shape index (κ1) is 21.7. The van der Waals surface area contributed by atoms with E-state index in [1.165, 1.54) is 11.9 Å². The second-order valence-corrected chi connectivity index (χ2v) is 6.84. The van der Waals surface area contributed by atoms with Gasteiger partial charge in [-0.15, -0.1) is 0 Å². The van der Waals surface area contributed by atoms with E-state index in [-0.39, 0.29) is 13.1 Å². The number of amides is 2. The number of carbonyl (C=O) groups is 2. The molecule has 0 aliphatic heterocycles. The molecule has 9 heteroatoms. The molecular weight excluding hydrogens is 395 g/mol. The number of benzene rings is 2. The molecule has 0 saturated carbocycles. The number of nitrogens with zero attached hydrogens (tertiary/aromatic N) is 1. The standard InChI is InChI=1S/C19H19ClF3N3O2/c1-10-6-11(2)19(12(20)7-10)25-16(28)9-26(3)8-15(27)24-14-5-4-13(21)17(22)18(14)23/h4-7H,8-9H2,1-3H3,(H,24,27)(H,25,28). The van der Waals surface area contributed by atoms with Gasteiger partial charge < -0.3 is 10.6 Å². The fourth-order valence-electron chi connectivity index (χ4n) is 2.61. The summed E-state index contributed by atoms with van der Waals surface area (Å²) >= 11 is 6.14. The van der Waals surface area contributed by atoms with Crippen LogP contribution in [0, 0.1) is 31.3 Å². The first-order chi connectivity index (χ1) is 13.1. The quantitative estimate of drug-likeness (QED) is 0.706. The van der Waals surface area contributed by atoms with Gasteiger partial charge in [-0.1, -0.05) is 17.7 Å². The first-order valence-electron chi connectivity index (χ1n) is 8.27. The Bertz CT molecular complexity index is 899. The highest BCUT2D eigenvalue weighted by Crippen LogP contribution is 2.27. The lowest BCUT2D eigenvalue weighted by Crippen LogP contribution is -2.36. The van der Waals surface area contributed by atoms with Crippen molar-refractivity contribution in [3.8, 4) is 0 Å². The lowest BCUT2D eigenvalue weighted by molar-refractivity contribution is -0.119. The lowest BCUT2D eigenvalue weighted by atomic mass is 10.1. The summed E-state index contributed by atoms with van der Waals surface area (Å²) in [7, 11) is 1.50. The van der Waals surface area contributed by atoms with Gasteiger partial charge in [0.2, 0.25) is 11.8 Å². The number of halogens is 4. The Morgan fingerprint density at radius 1 is 1.00 bits per heavy atom. The van der Waals surface area contributed by atoms with Crippen molar-refractivity contribution in [2.75, 3.05) is 30.8 Å². The van der Waals surface area contributed by atoms with E-state index in [1.807, 2.05) is 19.9 Å². The van der Waals surface area contributed by atoms with Crippen molar-refractivity contribution in [3.05, 3.63) is 57.9 Å². The molecule has 2 N–H and O–H groups in total. The van der Waals surface area contributed by atoms with Crippen LogP contribution in [0.3, 0.4) is 0 Å². The van der Waals surface area contributed by atoms with Crippen LogP contribution < -0.4 is 10.6 Å². The number of hydrogen-bond donors (Lipinski definition) is 2. The molecule has 0 heterocycles. The predicted octanol–water partition coefficient (Wildman–Crippen LogP) is 3.88. The molecule has 0 aliphatic carbocycles. The Hall–Kier alpha value is -2.58. The largest absolute Gasteiger partial charge is 0.323 e. The Labute approximate surface area is 165 Å². The van der Waals surface area contributed by atoms with Gasteiger partial charge in [0, 0.05) is 0 Å². The van der Waals surface area contributed by atoms with Crippen molar-refractivity contribution in [1.29, 1.82) is 0 Å². The van der Waals surface area contributed by atoms with Crippen LogP contribution in [-0.4, -0.2) is 36.9 Å². The van der Waals surface area contributed by atoms with Crippen molar-refractivity contribution in [3.63, 3.8) is 0 Å². The SMILES string of the molecule is Cc1cc(C)c(NC(=O)CN(C)CC(=O)Nc2ccc(F)c(F)c2F)c(Cl)c1. The second-order valence-electron chi connectivity index (χ2n) is 6.43. The number of nitrogens with one attached hydrogen (secondary N) is 2. The molecule has 0 saturated heterocycles. The van der Waals surface area contributed by atoms with Crippen LogP contribution in [0.1, 0.15) is 11.1 Å². The predicted molar refractivity (Wildman–Crippen MR) is 102 cm³/mol. The van der Waals surface area contributed by atoms with E-state index >= 15 is 0 Å². The first-order valence-corrected chi connectivity index (χ1v) is 8.64. The number of anilines is 2. The number of hydrogen-bond acceptors (Lipinski definition) is 3. The molecule has 150 valence electrons. The van der Waals surface area contributed by atoms with E-state index < -0.39 is 35.0 Å². The molecule has 0 spiro atoms. The maximum absolute atomic E-state index is 13.6. The number of likely N-dealkylation sites (N-methyl/N-ethyl adjacent to an activating group) is 1. The number of rotatable bonds is 6. The summed E-state index contributed by atoms with van der Waals surface area (Å²) in [6.45, 7) is 3.28. The average Bonchev–Trinajstić information content (AvgIpc) is 2.58. The van der Waals surface area contributed by atoms with Gasteiger partial charge in [0.15, 0.2) is 17.5 Å². The maximum Gasteiger partial charge on any atom is 0.238 e. The van der Waals surface area contributed by atoms with Gasteiger partial charge in [0.05, 0.1) is 29.5 Å². The van der Waals surface area contributed by atoms with Gasteiger partial charge in [-0.2, -0.15) is 0 Å². The minimum atomic E-state index is -1.67. The van der Waals surface area contributed by atoms with Crippen molar-refractivity contribution < 1.29 is 22.8 Å². The van der Waals surface area contributed by atoms with Crippen molar-refractivity contribution in [2.45, 2.75) is 13.8 Å². The third-order valence-electron chi connectivity index (χ3n) is 3.83. The topological polar surface area (TPSA) is 61.4 Å². The smallest absolute Gasteiger partial charge is 0.238 e. The summed E-state index contributed by atoms with van der Waals surface area (Å²) in [5.74, 6) is -5.60. The number of carbonyl (C=O) groups excluding carboxylic acids is 2. The highest BCUT2D eigenvalue weighted by Gasteiger charge is 2.17. The summed E-state index contributed by atoms with van der Waals surface area (Å²) in [5, 5.41) is 5.23. The molecule has 0 aromatic heterocycles. The van der Waals surface area contributed by atoms with Crippen molar-refractivity contribution in [2.24, 2.45) is 0 Å². The summed E-state index contributed by atoms with van der Waals surface area (Å²) in [6.07, 6.45) is 0. The average molecular weight is 414 g/mol. The molecule has 2 rings (SSSR count). The van der Waals surface area contributed by atoms with E-state index in [9.17, 15) is 22.8 Å². The normalized spacial score (nSPS) is 10.9. The second kappa shape index (κ2) is 9.07. The van der Waals surface area contributed by atoms with Gasteiger partial charge in [-0.05, 0) is 50.2 Å². The van der Waals surface area contributed by atoms with E-state index in [0.717, 1.165) is 17.2 Å². The van der Waals surface area contributed by atoms with E-state index in [1.54, 1.807) is 6.07 Å². The highest BCUT2D eigenvalue weighted by atomic mass is 35.5. The molecule has 0 radical (unpaired) electrons. The van der Waals surface area contributed by atoms with Gasteiger partial charge >= 0.3 is 0 Å². The Balaban J connectivity index is 1.93. The zero-order valence-electron chi connectivity index (χ0n) is 15.5. The monoisotopic (exact) mass is 413 g/mol. The zero-order chi connectivity index (χ0) is 21.0. The molecule has 28 heavy (non-hydrogen) atoms. The minimum absolute atomic E-state index is 0.142. The Morgan fingerprint density at radius 3 is 2.21 bits per heavy atom. The van der Waals surface area contributed by atoms with Crippen LogP contribution in [0.2, 0.25) is 5.02 Å². The van der Waals surface area contributed by atoms with E-state index in [2.05, 4.69) is 10.6 Å². The molecule has 0 fully saturated rings. The Kier molecular flexibility index (Phi) is 7.04. The molecule has 5 nitrogen and oxygen atoms in total. The third-order valence-corrected chi connectivity index (χ3v) is 4.13. The fraction of sp³-hybridized carbons (Fsp3) is 0.263. The molecule has 0 aliphatic rings. The van der Waals surface area contributed by atoms with Gasteiger partial charge in [-0.25, -0.2) is 13.2 Å². The Morgan fingerprint density at radius 2 is 1.61 bits per heavy atom. The summed E-state index contributed by atoms with van der Waals surface area (Å²) in [6, 6.07) is 5.21. The van der Waals surface area contributed by atoms with Crippen LogP contribution in [0.25, 0.3) is 0 Å². The van der Waals surface area contributed by atoms with Crippen molar-refractivity contribution >= 4 is 34.8 Å². The molecule has 0 unspecified atom stereocenters. The molecule has 0 bridgehead atoms. The molecule has 2 aromatic rings. The van der Waals surface area contributed by atoms with Crippen LogP contribution in [0.15, 0.2) is 24.3 Å². The van der Waals surface area contributed by atoms with Crippen LogP contribution in [-0.2, 0) is 9.59 Å². The molecular formula is C19H19ClF3N3O2. The molecule has 2 amide bonds. The minimum Gasteiger partial charge on any atom is -0.323 e. The number of aryl methyl sites for hydroxylation is 2. The van der Waals surface area contributed by atoms with Gasteiger partial charge in [-0.3, -0.25) is 14.5 Å². The van der Waals surface area contributed by atoms with Crippen LogP contribution in [0.4, 0.5) is 24.5 Å².